The molecule has 2 N–H and O–H groups in total. The van der Waals surface area contributed by atoms with Crippen LogP contribution in [0.5, 0.6) is 0 Å². The summed E-state index contributed by atoms with van der Waals surface area (Å²) in [6.45, 7) is 5.29. The number of sulfonamides is 1. The molecule has 0 atom stereocenters. The van der Waals surface area contributed by atoms with Crippen LogP contribution in [0.2, 0.25) is 0 Å². The third-order valence-electron chi connectivity index (χ3n) is 3.80. The first-order valence-corrected chi connectivity index (χ1v) is 9.40. The average Bonchev–Trinajstić information content (AvgIpc) is 3.29. The van der Waals surface area contributed by atoms with E-state index in [0.717, 1.165) is 36.9 Å². The van der Waals surface area contributed by atoms with Crippen LogP contribution in [0.3, 0.4) is 0 Å². The Morgan fingerprint density at radius 1 is 1.24 bits per heavy atom. The first-order valence-electron chi connectivity index (χ1n) is 7.91. The lowest BCUT2D eigenvalue weighted by molar-refractivity contribution is 0.577. The zero-order valence-corrected chi connectivity index (χ0v) is 13.8. The maximum absolute atomic E-state index is 12.5. The highest BCUT2D eigenvalue weighted by atomic mass is 32.2. The second-order valence-electron chi connectivity index (χ2n) is 5.70. The predicted molar refractivity (Wildman–Crippen MR) is 85.8 cm³/mol. The van der Waals surface area contributed by atoms with Crippen LogP contribution >= 0.6 is 0 Å². The van der Waals surface area contributed by atoms with Gasteiger partial charge in [0.25, 0.3) is 0 Å². The van der Waals surface area contributed by atoms with Gasteiger partial charge in [-0.2, -0.15) is 0 Å². The number of unbranched alkanes of at least 4 members (excludes halogenated alkanes) is 1. The summed E-state index contributed by atoms with van der Waals surface area (Å²) < 4.78 is 27.6. The van der Waals surface area contributed by atoms with Crippen molar-refractivity contribution in [2.24, 2.45) is 0 Å². The van der Waals surface area contributed by atoms with Crippen molar-refractivity contribution >= 4 is 10.0 Å². The zero-order chi connectivity index (χ0) is 15.3. The van der Waals surface area contributed by atoms with Gasteiger partial charge in [-0.1, -0.05) is 32.4 Å². The summed E-state index contributed by atoms with van der Waals surface area (Å²) in [5.41, 5.74) is 1.92. The molecule has 21 heavy (non-hydrogen) atoms. The molecule has 1 aromatic rings. The highest BCUT2D eigenvalue weighted by molar-refractivity contribution is 7.89. The Kier molecular flexibility index (Phi) is 5.79. The molecule has 0 spiro atoms. The van der Waals surface area contributed by atoms with Crippen molar-refractivity contribution < 1.29 is 8.42 Å². The fourth-order valence-electron chi connectivity index (χ4n) is 2.26. The minimum atomic E-state index is -3.40. The van der Waals surface area contributed by atoms with Gasteiger partial charge in [0.15, 0.2) is 0 Å². The largest absolute Gasteiger partial charge is 0.310 e. The van der Waals surface area contributed by atoms with Crippen LogP contribution in [0.4, 0.5) is 0 Å². The number of aryl methyl sites for hydroxylation is 1. The summed E-state index contributed by atoms with van der Waals surface area (Å²) in [5, 5.41) is 3.43. The van der Waals surface area contributed by atoms with Gasteiger partial charge in [-0.3, -0.25) is 0 Å². The number of benzene rings is 1. The Hall–Kier alpha value is -0.910. The maximum Gasteiger partial charge on any atom is 0.240 e. The minimum Gasteiger partial charge on any atom is -0.310 e. The molecule has 0 bridgehead atoms. The standard InChI is InChI=1S/C16H26N2O2S/c1-3-5-10-18-21(19,20)16-11-13(6-7-14(16)4-2)12-17-15-8-9-15/h6-7,11,15,17-18H,3-5,8-10,12H2,1-2H3. The molecule has 0 radical (unpaired) electrons. The van der Waals surface area contributed by atoms with Crippen molar-refractivity contribution in [2.75, 3.05) is 6.54 Å². The number of nitrogens with one attached hydrogen (secondary N) is 2. The fraction of sp³-hybridized carbons (Fsp3) is 0.625. The van der Waals surface area contributed by atoms with Crippen LogP contribution in [0.15, 0.2) is 23.1 Å². The van der Waals surface area contributed by atoms with Gasteiger partial charge >= 0.3 is 0 Å². The van der Waals surface area contributed by atoms with Crippen molar-refractivity contribution in [1.29, 1.82) is 0 Å². The molecule has 0 aliphatic heterocycles. The Morgan fingerprint density at radius 3 is 2.62 bits per heavy atom. The second-order valence-corrected chi connectivity index (χ2v) is 7.44. The lowest BCUT2D eigenvalue weighted by Gasteiger charge is -2.13. The second kappa shape index (κ2) is 7.38. The Bertz CT molecular complexity index is 566. The molecule has 1 aromatic carbocycles. The SMILES string of the molecule is CCCCNS(=O)(=O)c1cc(CNC2CC2)ccc1CC. The first-order chi connectivity index (χ1) is 10.1. The van der Waals surface area contributed by atoms with Crippen LogP contribution in [0.25, 0.3) is 0 Å². The van der Waals surface area contributed by atoms with E-state index in [1.165, 1.54) is 12.8 Å². The molecule has 5 heteroatoms. The molecule has 0 heterocycles. The van der Waals surface area contributed by atoms with E-state index in [1.807, 2.05) is 25.1 Å². The van der Waals surface area contributed by atoms with Crippen molar-refractivity contribution in [2.45, 2.75) is 63.4 Å². The molecule has 1 saturated carbocycles. The molecular formula is C16H26N2O2S. The van der Waals surface area contributed by atoms with Crippen LogP contribution < -0.4 is 10.0 Å². The van der Waals surface area contributed by atoms with Gasteiger partial charge in [-0.05, 0) is 42.9 Å². The van der Waals surface area contributed by atoms with Crippen molar-refractivity contribution in [1.82, 2.24) is 10.0 Å². The fourth-order valence-corrected chi connectivity index (χ4v) is 3.69. The number of rotatable bonds is 9. The van der Waals surface area contributed by atoms with E-state index < -0.39 is 10.0 Å². The number of hydrogen-bond donors (Lipinski definition) is 2. The van der Waals surface area contributed by atoms with Gasteiger partial charge in [-0.15, -0.1) is 0 Å². The lowest BCUT2D eigenvalue weighted by atomic mass is 10.1. The van der Waals surface area contributed by atoms with E-state index in [2.05, 4.69) is 17.0 Å². The first kappa shape index (κ1) is 16.5. The zero-order valence-electron chi connectivity index (χ0n) is 13.0. The Labute approximate surface area is 128 Å². The van der Waals surface area contributed by atoms with E-state index in [0.29, 0.717) is 17.5 Å². The lowest BCUT2D eigenvalue weighted by Crippen LogP contribution is -2.26. The molecule has 4 nitrogen and oxygen atoms in total. The summed E-state index contributed by atoms with van der Waals surface area (Å²) in [6.07, 6.45) is 5.03. The predicted octanol–water partition coefficient (Wildman–Crippen LogP) is 2.58. The summed E-state index contributed by atoms with van der Waals surface area (Å²) in [7, 11) is -3.40. The molecule has 2 rings (SSSR count). The van der Waals surface area contributed by atoms with Crippen LogP contribution in [0.1, 0.15) is 50.7 Å². The van der Waals surface area contributed by atoms with Crippen molar-refractivity contribution in [3.05, 3.63) is 29.3 Å². The maximum atomic E-state index is 12.5. The van der Waals surface area contributed by atoms with Crippen LogP contribution in [-0.2, 0) is 23.0 Å². The van der Waals surface area contributed by atoms with Gasteiger partial charge < -0.3 is 5.32 Å². The molecule has 0 amide bonds. The van der Waals surface area contributed by atoms with Gasteiger partial charge in [0.05, 0.1) is 4.90 Å². The van der Waals surface area contributed by atoms with Gasteiger partial charge in [0.1, 0.15) is 0 Å². The average molecular weight is 310 g/mol. The third-order valence-corrected chi connectivity index (χ3v) is 5.34. The van der Waals surface area contributed by atoms with Gasteiger partial charge in [0, 0.05) is 19.1 Å². The molecule has 118 valence electrons. The Balaban J connectivity index is 2.15. The Morgan fingerprint density at radius 2 is 2.00 bits per heavy atom. The molecule has 1 aliphatic rings. The molecule has 0 aromatic heterocycles. The normalized spacial score (nSPS) is 15.3. The van der Waals surface area contributed by atoms with Crippen LogP contribution in [-0.4, -0.2) is 21.0 Å². The van der Waals surface area contributed by atoms with Gasteiger partial charge in [0.2, 0.25) is 10.0 Å². The smallest absolute Gasteiger partial charge is 0.240 e. The summed E-state index contributed by atoms with van der Waals surface area (Å²) in [6, 6.07) is 6.42. The van der Waals surface area contributed by atoms with Crippen molar-refractivity contribution in [3.63, 3.8) is 0 Å². The molecule has 1 fully saturated rings. The van der Waals surface area contributed by atoms with E-state index in [-0.39, 0.29) is 0 Å². The van der Waals surface area contributed by atoms with E-state index in [9.17, 15) is 8.42 Å². The highest BCUT2D eigenvalue weighted by Gasteiger charge is 2.21. The van der Waals surface area contributed by atoms with E-state index >= 15 is 0 Å². The van der Waals surface area contributed by atoms with Gasteiger partial charge in [-0.25, -0.2) is 13.1 Å². The monoisotopic (exact) mass is 310 g/mol. The van der Waals surface area contributed by atoms with Crippen LogP contribution in [0, 0.1) is 0 Å². The van der Waals surface area contributed by atoms with E-state index in [4.69, 9.17) is 0 Å². The summed E-state index contributed by atoms with van der Waals surface area (Å²) >= 11 is 0. The number of hydrogen-bond acceptors (Lipinski definition) is 3. The highest BCUT2D eigenvalue weighted by Crippen LogP contribution is 2.21. The van der Waals surface area contributed by atoms with E-state index in [1.54, 1.807) is 0 Å². The molecule has 1 aliphatic carbocycles. The minimum absolute atomic E-state index is 0.441. The third kappa shape index (κ3) is 4.80. The van der Waals surface area contributed by atoms with Crippen molar-refractivity contribution in [3.8, 4) is 0 Å². The summed E-state index contributed by atoms with van der Waals surface area (Å²) in [4.78, 5) is 0.441. The molecule has 0 saturated heterocycles. The topological polar surface area (TPSA) is 58.2 Å². The quantitative estimate of drug-likeness (QED) is 0.689. The summed E-state index contributed by atoms with van der Waals surface area (Å²) in [5.74, 6) is 0. The molecular weight excluding hydrogens is 284 g/mol. The molecule has 0 unspecified atom stereocenters.